The molecule has 0 amide bonds. The molecular formula is C44H46N2O12. The molecule has 14 heteroatoms. The van der Waals surface area contributed by atoms with E-state index >= 15 is 0 Å². The smallest absolute Gasteiger partial charge is 0.340 e. The molecule has 2 unspecified atom stereocenters. The fourth-order valence-corrected chi connectivity index (χ4v) is 5.44. The van der Waals surface area contributed by atoms with Crippen LogP contribution in [0.5, 0.6) is 11.5 Å². The summed E-state index contributed by atoms with van der Waals surface area (Å²) in [6, 6.07) is 20.7. The zero-order valence-electron chi connectivity index (χ0n) is 32.1. The maximum Gasteiger partial charge on any atom is 0.340 e. The Morgan fingerprint density at radius 1 is 0.552 bits per heavy atom. The highest BCUT2D eigenvalue weighted by molar-refractivity contribution is 5.91. The van der Waals surface area contributed by atoms with Crippen LogP contribution in [0.25, 0.3) is 22.5 Å². The molecule has 3 heterocycles. The second-order valence-corrected chi connectivity index (χ2v) is 12.8. The van der Waals surface area contributed by atoms with E-state index < -0.39 is 36.5 Å². The van der Waals surface area contributed by atoms with Crippen LogP contribution in [-0.4, -0.2) is 86.1 Å². The molecule has 2 atom stereocenters. The van der Waals surface area contributed by atoms with Crippen LogP contribution in [0.2, 0.25) is 0 Å². The topological polar surface area (TPSA) is 168 Å². The third-order valence-corrected chi connectivity index (χ3v) is 8.56. The molecule has 1 fully saturated rings. The van der Waals surface area contributed by atoms with Gasteiger partial charge < -0.3 is 37.9 Å². The molecule has 58 heavy (non-hydrogen) atoms. The van der Waals surface area contributed by atoms with Crippen LogP contribution < -0.4 is 9.47 Å². The van der Waals surface area contributed by atoms with Crippen molar-refractivity contribution in [1.82, 2.24) is 9.97 Å². The van der Waals surface area contributed by atoms with E-state index in [2.05, 4.69) is 23.1 Å². The molecule has 5 rings (SSSR count). The molecule has 0 saturated carbocycles. The average molecular weight is 795 g/mol. The number of hydrogen-bond donors (Lipinski definition) is 0. The van der Waals surface area contributed by atoms with Gasteiger partial charge in [0.1, 0.15) is 11.5 Å². The Balaban J connectivity index is 1.04. The number of unbranched alkanes of at least 4 members (excludes halogenated alkanes) is 4. The summed E-state index contributed by atoms with van der Waals surface area (Å²) in [4.78, 5) is 57.2. The van der Waals surface area contributed by atoms with E-state index in [1.807, 2.05) is 24.3 Å². The van der Waals surface area contributed by atoms with E-state index in [1.165, 1.54) is 0 Å². The molecule has 0 spiro atoms. The van der Waals surface area contributed by atoms with Crippen molar-refractivity contribution < 1.29 is 57.1 Å². The van der Waals surface area contributed by atoms with E-state index in [-0.39, 0.29) is 24.3 Å². The van der Waals surface area contributed by atoms with Crippen LogP contribution in [0.1, 0.15) is 59.2 Å². The minimum absolute atomic E-state index is 0.143. The lowest BCUT2D eigenvalue weighted by atomic mass is 10.1. The second kappa shape index (κ2) is 23.0. The Kier molecular flexibility index (Phi) is 17.0. The number of carbonyl (C=O) groups excluding carboxylic acids is 4. The Bertz CT molecular complexity index is 1810. The van der Waals surface area contributed by atoms with Gasteiger partial charge in [0, 0.05) is 23.3 Å². The van der Waals surface area contributed by atoms with E-state index in [0.29, 0.717) is 49.3 Å². The number of aromatic nitrogens is 2. The van der Waals surface area contributed by atoms with Crippen molar-refractivity contribution in [3.05, 3.63) is 122 Å². The first-order valence-electron chi connectivity index (χ1n) is 18.9. The van der Waals surface area contributed by atoms with Gasteiger partial charge in [-0.25, -0.2) is 19.2 Å². The number of nitrogens with zero attached hydrogens (tertiary/aromatic N) is 2. The number of carbonyl (C=O) groups is 4. The van der Waals surface area contributed by atoms with Gasteiger partial charge in [-0.3, -0.25) is 9.97 Å². The van der Waals surface area contributed by atoms with Crippen molar-refractivity contribution in [3.63, 3.8) is 0 Å². The van der Waals surface area contributed by atoms with Gasteiger partial charge in [-0.05, 0) is 87.1 Å². The van der Waals surface area contributed by atoms with E-state index in [1.54, 1.807) is 60.9 Å². The first-order chi connectivity index (χ1) is 28.3. The van der Waals surface area contributed by atoms with Gasteiger partial charge in [0.05, 0.1) is 74.5 Å². The predicted molar refractivity (Wildman–Crippen MR) is 211 cm³/mol. The highest BCUT2D eigenvalue weighted by Crippen LogP contribution is 2.24. The molecule has 0 N–H and O–H groups in total. The van der Waals surface area contributed by atoms with Crippen molar-refractivity contribution in [1.29, 1.82) is 0 Å². The SMILES string of the molecule is C=CC(=O)OCCCCCOc1ccc(-c2ccc(C(=O)OC3OCCOC3OC(=O)c3ccc(-c4ccc(OCCCCCOC(=O)C=C)cn4)cc3)cc2)nc1. The van der Waals surface area contributed by atoms with Gasteiger partial charge in [-0.2, -0.15) is 0 Å². The fraction of sp³-hybridized carbons (Fsp3) is 0.318. The van der Waals surface area contributed by atoms with Gasteiger partial charge >= 0.3 is 23.9 Å². The third-order valence-electron chi connectivity index (χ3n) is 8.56. The van der Waals surface area contributed by atoms with Gasteiger partial charge in [0.15, 0.2) is 0 Å². The summed E-state index contributed by atoms with van der Waals surface area (Å²) in [7, 11) is 0. The standard InChI is InChI=1S/C44H46N2O12/c1-3-39(47)53-25-9-5-7-23-51-35-19-21-37(45-29-35)31-11-15-33(16-12-31)41(49)57-43-44(56-28-27-55-43)58-42(50)34-17-13-32(14-18-34)38-22-20-36(30-46-38)52-24-8-6-10-26-54-40(48)4-2/h3-4,11-22,29-30,43-44H,1-2,5-10,23-28H2. The molecule has 2 aromatic heterocycles. The van der Waals surface area contributed by atoms with Gasteiger partial charge in [-0.1, -0.05) is 37.4 Å². The van der Waals surface area contributed by atoms with E-state index in [4.69, 9.17) is 37.9 Å². The quantitative estimate of drug-likeness (QED) is 0.0343. The minimum atomic E-state index is -1.28. The molecule has 1 saturated heterocycles. The summed E-state index contributed by atoms with van der Waals surface area (Å²) in [5.41, 5.74) is 3.44. The van der Waals surface area contributed by atoms with Crippen molar-refractivity contribution in [2.24, 2.45) is 0 Å². The number of benzene rings is 2. The van der Waals surface area contributed by atoms with Gasteiger partial charge in [0.25, 0.3) is 12.6 Å². The molecule has 0 radical (unpaired) electrons. The lowest BCUT2D eigenvalue weighted by Gasteiger charge is -2.30. The van der Waals surface area contributed by atoms with Crippen molar-refractivity contribution in [2.75, 3.05) is 39.6 Å². The van der Waals surface area contributed by atoms with Crippen LogP contribution >= 0.6 is 0 Å². The Morgan fingerprint density at radius 3 is 1.31 bits per heavy atom. The monoisotopic (exact) mass is 794 g/mol. The zero-order valence-corrected chi connectivity index (χ0v) is 32.1. The minimum Gasteiger partial charge on any atom is -0.492 e. The van der Waals surface area contributed by atoms with Gasteiger partial charge in [-0.15, -0.1) is 0 Å². The lowest BCUT2D eigenvalue weighted by molar-refractivity contribution is -0.288. The lowest BCUT2D eigenvalue weighted by Crippen LogP contribution is -2.44. The number of pyridine rings is 2. The molecule has 1 aliphatic heterocycles. The highest BCUT2D eigenvalue weighted by Gasteiger charge is 2.34. The summed E-state index contributed by atoms with van der Waals surface area (Å²) in [6.07, 6.45) is 7.79. The Morgan fingerprint density at radius 2 is 0.948 bits per heavy atom. The van der Waals surface area contributed by atoms with Crippen molar-refractivity contribution >= 4 is 23.9 Å². The second-order valence-electron chi connectivity index (χ2n) is 12.8. The summed E-state index contributed by atoms with van der Waals surface area (Å²) in [5, 5.41) is 0. The number of rotatable bonds is 22. The Hall–Kier alpha value is -6.38. The molecule has 1 aliphatic rings. The molecular weight excluding hydrogens is 748 g/mol. The van der Waals surface area contributed by atoms with Crippen LogP contribution in [-0.2, 0) is 38.0 Å². The fourth-order valence-electron chi connectivity index (χ4n) is 5.44. The third kappa shape index (κ3) is 13.7. The van der Waals surface area contributed by atoms with E-state index in [0.717, 1.165) is 61.8 Å². The number of ether oxygens (including phenoxy) is 8. The molecule has 14 nitrogen and oxygen atoms in total. The van der Waals surface area contributed by atoms with Crippen LogP contribution in [0.4, 0.5) is 0 Å². The van der Waals surface area contributed by atoms with E-state index in [9.17, 15) is 19.2 Å². The zero-order chi connectivity index (χ0) is 41.0. The number of hydrogen-bond acceptors (Lipinski definition) is 14. The Labute approximate surface area is 336 Å². The first-order valence-corrected chi connectivity index (χ1v) is 18.9. The van der Waals surface area contributed by atoms with Gasteiger partial charge in [0.2, 0.25) is 0 Å². The maximum absolute atomic E-state index is 13.1. The van der Waals surface area contributed by atoms with Crippen LogP contribution in [0.3, 0.4) is 0 Å². The largest absolute Gasteiger partial charge is 0.492 e. The van der Waals surface area contributed by atoms with Crippen molar-refractivity contribution in [2.45, 2.75) is 51.1 Å². The normalized spacial score (nSPS) is 14.7. The maximum atomic E-state index is 13.1. The molecule has 0 aliphatic carbocycles. The van der Waals surface area contributed by atoms with Crippen molar-refractivity contribution in [3.8, 4) is 34.0 Å². The number of esters is 4. The van der Waals surface area contributed by atoms with Crippen LogP contribution in [0.15, 0.2) is 111 Å². The predicted octanol–water partition coefficient (Wildman–Crippen LogP) is 7.08. The summed E-state index contributed by atoms with van der Waals surface area (Å²) in [5.74, 6) is -0.962. The average Bonchev–Trinajstić information content (AvgIpc) is 3.26. The molecule has 0 bridgehead atoms. The first kappa shape index (κ1) is 42.8. The summed E-state index contributed by atoms with van der Waals surface area (Å²) in [6.45, 7) is 8.73. The summed E-state index contributed by atoms with van der Waals surface area (Å²) >= 11 is 0. The molecule has 2 aromatic carbocycles. The molecule has 4 aromatic rings. The highest BCUT2D eigenvalue weighted by atomic mass is 16.8. The molecule has 304 valence electrons. The summed E-state index contributed by atoms with van der Waals surface area (Å²) < 4.78 is 43.8. The van der Waals surface area contributed by atoms with Crippen LogP contribution in [0, 0.1) is 0 Å².